The highest BCUT2D eigenvalue weighted by molar-refractivity contribution is 7.12. The summed E-state index contributed by atoms with van der Waals surface area (Å²) < 4.78 is 2.06. The van der Waals surface area contributed by atoms with Crippen LogP contribution in [-0.4, -0.2) is 32.7 Å². The number of benzene rings is 2. The first-order valence-corrected chi connectivity index (χ1v) is 10.6. The van der Waals surface area contributed by atoms with Gasteiger partial charge in [-0.1, -0.05) is 36.4 Å². The van der Waals surface area contributed by atoms with E-state index in [-0.39, 0.29) is 5.91 Å². The molecule has 2 aromatic heterocycles. The van der Waals surface area contributed by atoms with E-state index in [2.05, 4.69) is 27.8 Å². The lowest BCUT2D eigenvalue weighted by Gasteiger charge is -2.23. The Morgan fingerprint density at radius 1 is 1.07 bits per heavy atom. The van der Waals surface area contributed by atoms with Crippen LogP contribution in [0.25, 0.3) is 10.8 Å². The Bertz CT molecular complexity index is 1170. The van der Waals surface area contributed by atoms with E-state index in [1.165, 1.54) is 11.3 Å². The van der Waals surface area contributed by atoms with Crippen LogP contribution in [-0.2, 0) is 6.54 Å². The fourth-order valence-electron chi connectivity index (χ4n) is 3.80. The molecule has 0 saturated heterocycles. The third kappa shape index (κ3) is 3.36. The van der Waals surface area contributed by atoms with Crippen LogP contribution in [0.5, 0.6) is 0 Å². The summed E-state index contributed by atoms with van der Waals surface area (Å²) in [5.41, 5.74) is 1.98. The largest absolute Gasteiger partial charge is 0.337 e. The summed E-state index contributed by atoms with van der Waals surface area (Å²) >= 11 is 1.47. The number of carbonyl (C=O) groups is 1. The van der Waals surface area contributed by atoms with E-state index in [1.807, 2.05) is 53.1 Å². The molecule has 1 amide bonds. The molecule has 1 aliphatic rings. The monoisotopic (exact) mass is 400 g/mol. The quantitative estimate of drug-likeness (QED) is 0.422. The zero-order valence-electron chi connectivity index (χ0n) is 15.9. The summed E-state index contributed by atoms with van der Waals surface area (Å²) in [6.45, 7) is 1.53. The number of imidazole rings is 1. The molecule has 0 fully saturated rings. The first-order chi connectivity index (χ1) is 14.3. The summed E-state index contributed by atoms with van der Waals surface area (Å²) in [6, 6.07) is 16.1. The number of amides is 1. The molecule has 0 bridgehead atoms. The van der Waals surface area contributed by atoms with E-state index in [1.54, 1.807) is 6.20 Å². The highest BCUT2D eigenvalue weighted by atomic mass is 32.1. The third-order valence-corrected chi connectivity index (χ3v) is 6.05. The molecule has 0 unspecified atom stereocenters. The van der Waals surface area contributed by atoms with Gasteiger partial charge in [0.1, 0.15) is 5.84 Å². The van der Waals surface area contributed by atoms with E-state index >= 15 is 0 Å². The molecule has 2 aromatic carbocycles. The molecule has 0 aliphatic carbocycles. The number of thiophene rings is 1. The normalized spacial score (nSPS) is 12.3. The van der Waals surface area contributed by atoms with Crippen LogP contribution in [0.15, 0.2) is 77.6 Å². The molecule has 4 aromatic rings. The van der Waals surface area contributed by atoms with Crippen LogP contribution in [0.1, 0.15) is 28.1 Å². The fourth-order valence-corrected chi connectivity index (χ4v) is 4.47. The van der Waals surface area contributed by atoms with Crippen molar-refractivity contribution in [2.45, 2.75) is 19.4 Å². The van der Waals surface area contributed by atoms with E-state index in [4.69, 9.17) is 4.99 Å². The smallest absolute Gasteiger partial charge is 0.269 e. The van der Waals surface area contributed by atoms with E-state index < -0.39 is 0 Å². The average molecular weight is 401 g/mol. The lowest BCUT2D eigenvalue weighted by atomic mass is 10.0. The van der Waals surface area contributed by atoms with Gasteiger partial charge in [-0.2, -0.15) is 0 Å². The Morgan fingerprint density at radius 2 is 1.97 bits per heavy atom. The summed E-state index contributed by atoms with van der Waals surface area (Å²) in [5, 5.41) is 4.23. The minimum absolute atomic E-state index is 0.0196. The van der Waals surface area contributed by atoms with Crippen molar-refractivity contribution in [3.05, 3.63) is 83.1 Å². The molecular formula is C23H20N4OS. The zero-order valence-corrected chi connectivity index (χ0v) is 16.7. The molecule has 0 saturated carbocycles. The molecule has 0 radical (unpaired) electrons. The van der Waals surface area contributed by atoms with Crippen LogP contribution in [0.3, 0.4) is 0 Å². The number of unbranched alkanes of at least 4 members (excludes halogenated alkanes) is 1. The van der Waals surface area contributed by atoms with Gasteiger partial charge in [0.2, 0.25) is 0 Å². The minimum Gasteiger partial charge on any atom is -0.337 e. The number of aliphatic imine (C=N–C) groups is 1. The molecular weight excluding hydrogens is 380 g/mol. The van der Waals surface area contributed by atoms with Crippen molar-refractivity contribution in [1.82, 2.24) is 14.5 Å². The number of hydrogen-bond acceptors (Lipinski definition) is 4. The van der Waals surface area contributed by atoms with Crippen molar-refractivity contribution in [1.29, 1.82) is 0 Å². The maximum Gasteiger partial charge on any atom is 0.269 e. The van der Waals surface area contributed by atoms with E-state index in [0.29, 0.717) is 6.54 Å². The molecule has 5 nitrogen and oxygen atoms in total. The predicted octanol–water partition coefficient (Wildman–Crippen LogP) is 5.11. The second-order valence-corrected chi connectivity index (χ2v) is 8.01. The third-order valence-electron chi connectivity index (χ3n) is 5.19. The number of rotatable bonds is 6. The van der Waals surface area contributed by atoms with Crippen molar-refractivity contribution in [3.63, 3.8) is 0 Å². The number of hydrogen-bond donors (Lipinski definition) is 0. The van der Waals surface area contributed by atoms with Gasteiger partial charge in [-0.15, -0.1) is 11.3 Å². The maximum atomic E-state index is 13.3. The van der Waals surface area contributed by atoms with Crippen LogP contribution < -0.4 is 0 Å². The van der Waals surface area contributed by atoms with Gasteiger partial charge in [-0.3, -0.25) is 9.69 Å². The number of nitrogens with zero attached hydrogens (tertiary/aromatic N) is 4. The molecule has 29 heavy (non-hydrogen) atoms. The Balaban J connectivity index is 1.43. The van der Waals surface area contributed by atoms with Crippen LogP contribution in [0, 0.1) is 0 Å². The minimum atomic E-state index is 0.0196. The summed E-state index contributed by atoms with van der Waals surface area (Å²) in [4.78, 5) is 24.9. The lowest BCUT2D eigenvalue weighted by molar-refractivity contribution is 0.0850. The molecule has 5 rings (SSSR count). The standard InChI is InChI=1S/C23H20N4OS/c28-23(20-10-5-15-29-20)27(13-2-1-12-26-14-11-24-16-26)22-18-8-3-6-17-7-4-9-19(25-22)21(17)18/h3-11,14-16H,1-2,12-13H2. The van der Waals surface area contributed by atoms with Gasteiger partial charge < -0.3 is 4.57 Å². The average Bonchev–Trinajstić information content (AvgIpc) is 3.51. The van der Waals surface area contributed by atoms with Crippen molar-refractivity contribution >= 4 is 39.5 Å². The fraction of sp³-hybridized carbons (Fsp3) is 0.174. The topological polar surface area (TPSA) is 50.5 Å². The van der Waals surface area contributed by atoms with E-state index in [9.17, 15) is 4.79 Å². The molecule has 3 heterocycles. The molecule has 0 spiro atoms. The SMILES string of the molecule is O=C(c1cccs1)N(CCCCn1ccnc1)C1=Nc2cccc3cccc1c23. The molecule has 144 valence electrons. The first kappa shape index (κ1) is 17.8. The summed E-state index contributed by atoms with van der Waals surface area (Å²) in [7, 11) is 0. The Kier molecular flexibility index (Phi) is 4.69. The van der Waals surface area contributed by atoms with Crippen molar-refractivity contribution in [2.75, 3.05) is 6.54 Å². The number of carbonyl (C=O) groups excluding carboxylic acids is 1. The number of aryl methyl sites for hydroxylation is 1. The van der Waals surface area contributed by atoms with Gasteiger partial charge in [0, 0.05) is 36.4 Å². The summed E-state index contributed by atoms with van der Waals surface area (Å²) in [5.74, 6) is 0.782. The molecule has 1 aliphatic heterocycles. The van der Waals surface area contributed by atoms with Crippen molar-refractivity contribution in [3.8, 4) is 0 Å². The zero-order chi connectivity index (χ0) is 19.6. The van der Waals surface area contributed by atoms with Gasteiger partial charge in [-0.25, -0.2) is 9.98 Å². The van der Waals surface area contributed by atoms with Crippen LogP contribution >= 0.6 is 11.3 Å². The second kappa shape index (κ2) is 7.64. The molecule has 0 N–H and O–H groups in total. The summed E-state index contributed by atoms with van der Waals surface area (Å²) in [6.07, 6.45) is 7.44. The Hall–Kier alpha value is -3.25. The Morgan fingerprint density at radius 3 is 2.76 bits per heavy atom. The second-order valence-electron chi connectivity index (χ2n) is 7.06. The predicted molar refractivity (Wildman–Crippen MR) is 117 cm³/mol. The highest BCUT2D eigenvalue weighted by Crippen LogP contribution is 2.36. The maximum absolute atomic E-state index is 13.3. The van der Waals surface area contributed by atoms with Crippen molar-refractivity contribution < 1.29 is 4.79 Å². The lowest BCUT2D eigenvalue weighted by Crippen LogP contribution is -2.37. The van der Waals surface area contributed by atoms with E-state index in [0.717, 1.165) is 52.1 Å². The first-order valence-electron chi connectivity index (χ1n) is 9.73. The number of aromatic nitrogens is 2. The van der Waals surface area contributed by atoms with Gasteiger partial charge in [0.05, 0.1) is 16.9 Å². The van der Waals surface area contributed by atoms with Gasteiger partial charge >= 0.3 is 0 Å². The van der Waals surface area contributed by atoms with Gasteiger partial charge in [0.25, 0.3) is 5.91 Å². The van der Waals surface area contributed by atoms with Gasteiger partial charge in [0.15, 0.2) is 0 Å². The number of amidine groups is 1. The van der Waals surface area contributed by atoms with Gasteiger partial charge in [-0.05, 0) is 35.7 Å². The van der Waals surface area contributed by atoms with Crippen molar-refractivity contribution in [2.24, 2.45) is 4.99 Å². The Labute approximate surface area is 173 Å². The van der Waals surface area contributed by atoms with Crippen LogP contribution in [0.2, 0.25) is 0 Å². The highest BCUT2D eigenvalue weighted by Gasteiger charge is 2.28. The van der Waals surface area contributed by atoms with Crippen LogP contribution in [0.4, 0.5) is 5.69 Å². The molecule has 0 atom stereocenters. The molecule has 6 heteroatoms.